The summed E-state index contributed by atoms with van der Waals surface area (Å²) >= 11 is 0. The van der Waals surface area contributed by atoms with E-state index in [1.54, 1.807) is 6.20 Å². The molecule has 0 atom stereocenters. The molecule has 4 rings (SSSR count). The third-order valence-electron chi connectivity index (χ3n) is 4.12. The molecular formula is C20H17N7O. The van der Waals surface area contributed by atoms with E-state index >= 15 is 0 Å². The first-order valence-corrected chi connectivity index (χ1v) is 8.63. The van der Waals surface area contributed by atoms with Crippen LogP contribution in [0.4, 0.5) is 5.95 Å². The predicted molar refractivity (Wildman–Crippen MR) is 108 cm³/mol. The van der Waals surface area contributed by atoms with Gasteiger partial charge in [0.25, 0.3) is 11.5 Å². The Kier molecular flexibility index (Phi) is 4.75. The molecule has 2 aromatic carbocycles. The Bertz CT molecular complexity index is 1160. The molecule has 0 radical (unpaired) electrons. The van der Waals surface area contributed by atoms with Crippen LogP contribution in [0.25, 0.3) is 16.9 Å². The van der Waals surface area contributed by atoms with Crippen LogP contribution in [0.3, 0.4) is 0 Å². The molecule has 0 fully saturated rings. The second kappa shape index (κ2) is 7.67. The highest BCUT2D eigenvalue weighted by Crippen LogP contribution is 2.15. The maximum atomic E-state index is 12.6. The van der Waals surface area contributed by atoms with Crippen molar-refractivity contribution >= 4 is 12.2 Å². The normalized spacial score (nSPS) is 11.0. The van der Waals surface area contributed by atoms with Gasteiger partial charge in [-0.05, 0) is 19.1 Å². The highest BCUT2D eigenvalue weighted by atomic mass is 16.1. The molecule has 28 heavy (non-hydrogen) atoms. The minimum atomic E-state index is -0.189. The number of H-pyrrole nitrogens is 1. The van der Waals surface area contributed by atoms with Gasteiger partial charge in [0, 0.05) is 11.3 Å². The van der Waals surface area contributed by atoms with Crippen LogP contribution in [0.5, 0.6) is 0 Å². The van der Waals surface area contributed by atoms with Gasteiger partial charge in [-0.3, -0.25) is 9.89 Å². The number of nitrogens with zero attached hydrogens (tertiary/aromatic N) is 5. The Hall–Kier alpha value is -4.07. The minimum Gasteiger partial charge on any atom is -0.295 e. The lowest BCUT2D eigenvalue weighted by atomic mass is 10.2. The lowest BCUT2D eigenvalue weighted by Crippen LogP contribution is -2.17. The smallest absolute Gasteiger partial charge is 0.280 e. The second-order valence-electron chi connectivity index (χ2n) is 6.03. The average molecular weight is 371 g/mol. The van der Waals surface area contributed by atoms with E-state index in [-0.39, 0.29) is 11.5 Å². The quantitative estimate of drug-likeness (QED) is 0.415. The first-order chi connectivity index (χ1) is 13.7. The highest BCUT2D eigenvalue weighted by molar-refractivity contribution is 5.81. The number of anilines is 1. The van der Waals surface area contributed by atoms with Gasteiger partial charge in [-0.15, -0.1) is 5.10 Å². The van der Waals surface area contributed by atoms with Gasteiger partial charge < -0.3 is 0 Å². The van der Waals surface area contributed by atoms with Crippen LogP contribution >= 0.6 is 0 Å². The second-order valence-corrected chi connectivity index (χ2v) is 6.03. The molecule has 8 heteroatoms. The Balaban J connectivity index is 1.55. The number of hydrogen-bond acceptors (Lipinski definition) is 6. The molecule has 0 saturated heterocycles. The van der Waals surface area contributed by atoms with E-state index in [4.69, 9.17) is 0 Å². The van der Waals surface area contributed by atoms with Gasteiger partial charge in [0.05, 0.1) is 29.4 Å². The van der Waals surface area contributed by atoms with Crippen LogP contribution in [0.15, 0.2) is 76.8 Å². The molecule has 0 aliphatic rings. The number of benzene rings is 2. The van der Waals surface area contributed by atoms with Crippen molar-refractivity contribution in [1.29, 1.82) is 0 Å². The molecule has 2 aromatic heterocycles. The minimum absolute atomic E-state index is 0.189. The highest BCUT2D eigenvalue weighted by Gasteiger charge is 2.10. The zero-order valence-electron chi connectivity index (χ0n) is 15.1. The molecule has 2 heterocycles. The molecule has 8 nitrogen and oxygen atoms in total. The van der Waals surface area contributed by atoms with Gasteiger partial charge in [0.2, 0.25) is 0 Å². The van der Waals surface area contributed by atoms with Gasteiger partial charge in [0.1, 0.15) is 0 Å². The number of aromatic amines is 1. The largest absolute Gasteiger partial charge is 0.295 e. The molecule has 138 valence electrons. The molecule has 0 spiro atoms. The molecule has 0 amide bonds. The van der Waals surface area contributed by atoms with Crippen molar-refractivity contribution in [3.63, 3.8) is 0 Å². The number of para-hydroxylation sites is 1. The van der Waals surface area contributed by atoms with Crippen molar-refractivity contribution in [3.05, 3.63) is 88.5 Å². The summed E-state index contributed by atoms with van der Waals surface area (Å²) in [5.41, 5.74) is 6.06. The molecule has 4 aromatic rings. The van der Waals surface area contributed by atoms with E-state index in [1.165, 1.54) is 10.9 Å². The van der Waals surface area contributed by atoms with Gasteiger partial charge in [0.15, 0.2) is 0 Å². The Labute approximate surface area is 160 Å². The summed E-state index contributed by atoms with van der Waals surface area (Å²) in [4.78, 5) is 17.0. The molecule has 0 bridgehead atoms. The van der Waals surface area contributed by atoms with E-state index in [9.17, 15) is 4.79 Å². The molecule has 0 unspecified atom stereocenters. The van der Waals surface area contributed by atoms with Crippen LogP contribution in [0.1, 0.15) is 11.3 Å². The maximum Gasteiger partial charge on any atom is 0.280 e. The third kappa shape index (κ3) is 3.56. The monoisotopic (exact) mass is 371 g/mol. The third-order valence-corrected chi connectivity index (χ3v) is 4.12. The van der Waals surface area contributed by atoms with Gasteiger partial charge in [-0.1, -0.05) is 48.5 Å². The van der Waals surface area contributed by atoms with Crippen molar-refractivity contribution in [3.8, 4) is 16.9 Å². The maximum absolute atomic E-state index is 12.6. The van der Waals surface area contributed by atoms with Gasteiger partial charge >= 0.3 is 0 Å². The fraction of sp³-hybridized carbons (Fsp3) is 0.0500. The summed E-state index contributed by atoms with van der Waals surface area (Å²) in [6.45, 7) is 1.82. The fourth-order valence-corrected chi connectivity index (χ4v) is 2.72. The van der Waals surface area contributed by atoms with Crippen LogP contribution in [-0.4, -0.2) is 31.2 Å². The Morgan fingerprint density at radius 3 is 2.54 bits per heavy atom. The number of hydrazone groups is 1. The zero-order chi connectivity index (χ0) is 19.3. The van der Waals surface area contributed by atoms with Crippen LogP contribution in [0, 0.1) is 6.92 Å². The summed E-state index contributed by atoms with van der Waals surface area (Å²) in [6.07, 6.45) is 3.03. The Morgan fingerprint density at radius 2 is 1.79 bits per heavy atom. The van der Waals surface area contributed by atoms with Crippen LogP contribution in [0.2, 0.25) is 0 Å². The number of aryl methyl sites for hydroxylation is 1. The molecule has 0 aliphatic carbocycles. The Morgan fingerprint density at radius 1 is 1.07 bits per heavy atom. The van der Waals surface area contributed by atoms with Crippen molar-refractivity contribution < 1.29 is 0 Å². The average Bonchev–Trinajstić information content (AvgIpc) is 3.03. The predicted octanol–water partition coefficient (Wildman–Crippen LogP) is 2.77. The molecule has 0 saturated carbocycles. The number of aromatic nitrogens is 5. The van der Waals surface area contributed by atoms with Crippen molar-refractivity contribution in [2.75, 3.05) is 5.43 Å². The topological polar surface area (TPSA) is 101 Å². The standard InChI is InChI=1S/C20H17N7O/c1-14-17(19(28)27(26-14)16-10-6-3-7-11-16)12-21-24-20-23-18(13-22-25-20)15-8-4-2-5-9-15/h2-13,26H,1H3,(H,23,24,25)/b21-12-. The molecule has 2 N–H and O–H groups in total. The fourth-order valence-electron chi connectivity index (χ4n) is 2.72. The summed E-state index contributed by atoms with van der Waals surface area (Å²) < 4.78 is 1.48. The lowest BCUT2D eigenvalue weighted by Gasteiger charge is -2.01. The number of rotatable bonds is 5. The SMILES string of the molecule is Cc1[nH]n(-c2ccccc2)c(=O)c1/C=N\Nc1nncc(-c2ccccc2)n1. The first kappa shape index (κ1) is 17.3. The van der Waals surface area contributed by atoms with E-state index in [0.717, 1.165) is 11.3 Å². The molecule has 0 aliphatic heterocycles. The van der Waals surface area contributed by atoms with E-state index in [1.807, 2.05) is 67.6 Å². The van der Waals surface area contributed by atoms with Crippen molar-refractivity contribution in [1.82, 2.24) is 25.0 Å². The van der Waals surface area contributed by atoms with Gasteiger partial charge in [-0.25, -0.2) is 15.1 Å². The van der Waals surface area contributed by atoms with Crippen molar-refractivity contribution in [2.45, 2.75) is 6.92 Å². The first-order valence-electron chi connectivity index (χ1n) is 8.63. The summed E-state index contributed by atoms with van der Waals surface area (Å²) in [5.74, 6) is 0.245. The summed E-state index contributed by atoms with van der Waals surface area (Å²) in [5, 5.41) is 15.0. The zero-order valence-corrected chi connectivity index (χ0v) is 15.1. The van der Waals surface area contributed by atoms with Crippen LogP contribution in [-0.2, 0) is 0 Å². The van der Waals surface area contributed by atoms with Crippen molar-refractivity contribution in [2.24, 2.45) is 5.10 Å². The van der Waals surface area contributed by atoms with Gasteiger partial charge in [-0.2, -0.15) is 10.2 Å². The molecular weight excluding hydrogens is 354 g/mol. The summed E-state index contributed by atoms with van der Waals surface area (Å²) in [7, 11) is 0. The van der Waals surface area contributed by atoms with E-state index in [2.05, 4.69) is 30.8 Å². The van der Waals surface area contributed by atoms with E-state index < -0.39 is 0 Å². The van der Waals surface area contributed by atoms with Crippen LogP contribution < -0.4 is 11.0 Å². The number of nitrogens with one attached hydrogen (secondary N) is 2. The summed E-state index contributed by atoms with van der Waals surface area (Å²) in [6, 6.07) is 19.0. The number of hydrogen-bond donors (Lipinski definition) is 2. The lowest BCUT2D eigenvalue weighted by molar-refractivity contribution is 0.835. The van der Waals surface area contributed by atoms with E-state index in [0.29, 0.717) is 17.0 Å².